The second-order valence-corrected chi connectivity index (χ2v) is 5.96. The third-order valence-electron chi connectivity index (χ3n) is 4.07. The predicted molar refractivity (Wildman–Crippen MR) is 74.5 cm³/mol. The molecular weight excluding hydrogens is 242 g/mol. The highest BCUT2D eigenvalue weighted by Crippen LogP contribution is 2.37. The van der Waals surface area contributed by atoms with E-state index in [0.717, 1.165) is 12.8 Å². The number of nitrogens with one attached hydrogen (secondary N) is 1. The van der Waals surface area contributed by atoms with Gasteiger partial charge in [0.25, 0.3) is 0 Å². The van der Waals surface area contributed by atoms with Crippen LogP contribution in [0.3, 0.4) is 0 Å². The minimum atomic E-state index is -0.360. The van der Waals surface area contributed by atoms with Crippen LogP contribution >= 0.6 is 0 Å². The Morgan fingerprint density at radius 3 is 2.58 bits per heavy atom. The zero-order valence-electron chi connectivity index (χ0n) is 12.6. The molecule has 0 saturated heterocycles. The lowest BCUT2D eigenvalue weighted by Crippen LogP contribution is -2.42. The molecule has 4 heteroatoms. The van der Waals surface area contributed by atoms with Crippen LogP contribution in [-0.4, -0.2) is 25.0 Å². The Hall–Kier alpha value is -1.06. The van der Waals surface area contributed by atoms with Crippen molar-refractivity contribution in [2.75, 3.05) is 13.2 Å². The third-order valence-corrected chi connectivity index (χ3v) is 4.07. The highest BCUT2D eigenvalue weighted by atomic mass is 16.5. The minimum absolute atomic E-state index is 0.0115. The van der Waals surface area contributed by atoms with Crippen molar-refractivity contribution >= 4 is 11.9 Å². The van der Waals surface area contributed by atoms with Crippen LogP contribution in [-0.2, 0) is 14.3 Å². The maximum Gasteiger partial charge on any atom is 0.325 e. The standard InChI is InChI=1S/C15H27NO3/c1-5-19-14(17)9-16-15(18)13-8-11(4)6-7-12(13)10(2)3/h10-13H,5-9H2,1-4H3,(H,16,18)/t11-,12+,13+/m0/s1. The lowest BCUT2D eigenvalue weighted by atomic mass is 9.70. The number of esters is 1. The van der Waals surface area contributed by atoms with E-state index in [9.17, 15) is 9.59 Å². The smallest absolute Gasteiger partial charge is 0.325 e. The largest absolute Gasteiger partial charge is 0.465 e. The average Bonchev–Trinajstić information content (AvgIpc) is 2.35. The number of hydrogen-bond donors (Lipinski definition) is 1. The number of hydrogen-bond acceptors (Lipinski definition) is 3. The van der Waals surface area contributed by atoms with Gasteiger partial charge in [0.2, 0.25) is 5.91 Å². The number of carbonyl (C=O) groups is 2. The summed E-state index contributed by atoms with van der Waals surface area (Å²) in [5.74, 6) is 1.22. The summed E-state index contributed by atoms with van der Waals surface area (Å²) in [6.45, 7) is 8.64. The topological polar surface area (TPSA) is 55.4 Å². The third kappa shape index (κ3) is 4.84. The summed E-state index contributed by atoms with van der Waals surface area (Å²) in [4.78, 5) is 23.5. The van der Waals surface area contributed by atoms with Crippen LogP contribution in [0, 0.1) is 23.7 Å². The molecule has 3 atom stereocenters. The van der Waals surface area contributed by atoms with Crippen molar-refractivity contribution < 1.29 is 14.3 Å². The molecule has 0 unspecified atom stereocenters. The van der Waals surface area contributed by atoms with Crippen molar-refractivity contribution in [3.05, 3.63) is 0 Å². The fourth-order valence-electron chi connectivity index (χ4n) is 3.01. The molecule has 1 fully saturated rings. The van der Waals surface area contributed by atoms with Gasteiger partial charge in [-0.1, -0.05) is 27.2 Å². The number of amides is 1. The van der Waals surface area contributed by atoms with Gasteiger partial charge in [0, 0.05) is 5.92 Å². The summed E-state index contributed by atoms with van der Waals surface area (Å²) in [5, 5.41) is 2.73. The Morgan fingerprint density at radius 1 is 1.32 bits per heavy atom. The van der Waals surface area contributed by atoms with E-state index in [-0.39, 0.29) is 24.3 Å². The maximum absolute atomic E-state index is 12.2. The number of rotatable bonds is 5. The van der Waals surface area contributed by atoms with E-state index in [2.05, 4.69) is 26.1 Å². The zero-order valence-corrected chi connectivity index (χ0v) is 12.6. The van der Waals surface area contributed by atoms with Crippen molar-refractivity contribution in [1.82, 2.24) is 5.32 Å². The van der Waals surface area contributed by atoms with E-state index in [1.165, 1.54) is 6.42 Å². The van der Waals surface area contributed by atoms with Crippen molar-refractivity contribution in [2.45, 2.75) is 47.0 Å². The lowest BCUT2D eigenvalue weighted by Gasteiger charge is -2.36. The van der Waals surface area contributed by atoms with Crippen molar-refractivity contribution in [3.8, 4) is 0 Å². The van der Waals surface area contributed by atoms with Crippen LogP contribution in [0.2, 0.25) is 0 Å². The Kier molecular flexibility index (Phi) is 6.32. The van der Waals surface area contributed by atoms with Gasteiger partial charge >= 0.3 is 5.97 Å². The second kappa shape index (κ2) is 7.51. The van der Waals surface area contributed by atoms with Gasteiger partial charge in [-0.25, -0.2) is 0 Å². The molecule has 0 aromatic carbocycles. The quantitative estimate of drug-likeness (QED) is 0.780. The summed E-state index contributed by atoms with van der Waals surface area (Å²) in [7, 11) is 0. The Balaban J connectivity index is 2.53. The SMILES string of the molecule is CCOC(=O)CNC(=O)[C@@H]1C[C@@H](C)CC[C@@H]1C(C)C. The van der Waals surface area contributed by atoms with Crippen LogP contribution in [0.5, 0.6) is 0 Å². The first kappa shape index (κ1) is 16.0. The van der Waals surface area contributed by atoms with Gasteiger partial charge in [0.1, 0.15) is 6.54 Å². The maximum atomic E-state index is 12.2. The molecule has 0 aliphatic heterocycles. The molecule has 0 radical (unpaired) electrons. The van der Waals surface area contributed by atoms with E-state index in [0.29, 0.717) is 24.4 Å². The zero-order chi connectivity index (χ0) is 14.4. The van der Waals surface area contributed by atoms with Gasteiger partial charge in [-0.15, -0.1) is 0 Å². The summed E-state index contributed by atoms with van der Waals surface area (Å²) in [6, 6.07) is 0. The van der Waals surface area contributed by atoms with Crippen LogP contribution in [0.4, 0.5) is 0 Å². The average molecular weight is 269 g/mol. The van der Waals surface area contributed by atoms with E-state index in [1.807, 2.05) is 0 Å². The molecule has 4 nitrogen and oxygen atoms in total. The Labute approximate surface area is 116 Å². The van der Waals surface area contributed by atoms with Gasteiger partial charge in [-0.05, 0) is 37.5 Å². The van der Waals surface area contributed by atoms with Gasteiger partial charge in [0.05, 0.1) is 6.61 Å². The van der Waals surface area contributed by atoms with Crippen molar-refractivity contribution in [2.24, 2.45) is 23.7 Å². The van der Waals surface area contributed by atoms with Crippen LogP contribution < -0.4 is 5.32 Å². The molecule has 0 heterocycles. The molecule has 0 bridgehead atoms. The fourth-order valence-corrected chi connectivity index (χ4v) is 3.01. The first-order valence-corrected chi connectivity index (χ1v) is 7.39. The van der Waals surface area contributed by atoms with E-state index in [1.54, 1.807) is 6.92 Å². The Morgan fingerprint density at radius 2 is 2.00 bits per heavy atom. The molecule has 1 N–H and O–H groups in total. The second-order valence-electron chi connectivity index (χ2n) is 5.96. The number of carbonyl (C=O) groups excluding carboxylic acids is 2. The molecule has 0 aromatic heterocycles. The van der Waals surface area contributed by atoms with Crippen LogP contribution in [0.15, 0.2) is 0 Å². The molecular formula is C15H27NO3. The fraction of sp³-hybridized carbons (Fsp3) is 0.867. The van der Waals surface area contributed by atoms with E-state index < -0.39 is 0 Å². The molecule has 1 rings (SSSR count). The summed E-state index contributed by atoms with van der Waals surface area (Å²) in [6.07, 6.45) is 3.23. The summed E-state index contributed by atoms with van der Waals surface area (Å²) >= 11 is 0. The highest BCUT2D eigenvalue weighted by molar-refractivity contribution is 5.83. The molecule has 1 aliphatic rings. The highest BCUT2D eigenvalue weighted by Gasteiger charge is 2.35. The molecule has 1 amide bonds. The van der Waals surface area contributed by atoms with Crippen LogP contribution in [0.25, 0.3) is 0 Å². The number of ether oxygens (including phenoxy) is 1. The van der Waals surface area contributed by atoms with Gasteiger partial charge in [-0.3, -0.25) is 9.59 Å². The first-order valence-electron chi connectivity index (χ1n) is 7.39. The summed E-state index contributed by atoms with van der Waals surface area (Å²) in [5.41, 5.74) is 0. The van der Waals surface area contributed by atoms with Gasteiger partial charge in [0.15, 0.2) is 0 Å². The summed E-state index contributed by atoms with van der Waals surface area (Å²) < 4.78 is 4.82. The molecule has 110 valence electrons. The van der Waals surface area contributed by atoms with Gasteiger partial charge < -0.3 is 10.1 Å². The monoisotopic (exact) mass is 269 g/mol. The molecule has 1 aliphatic carbocycles. The van der Waals surface area contributed by atoms with E-state index >= 15 is 0 Å². The molecule has 1 saturated carbocycles. The van der Waals surface area contributed by atoms with Gasteiger partial charge in [-0.2, -0.15) is 0 Å². The predicted octanol–water partition coefficient (Wildman–Crippen LogP) is 2.37. The van der Waals surface area contributed by atoms with Crippen molar-refractivity contribution in [3.63, 3.8) is 0 Å². The molecule has 0 aromatic rings. The van der Waals surface area contributed by atoms with Crippen LogP contribution in [0.1, 0.15) is 47.0 Å². The minimum Gasteiger partial charge on any atom is -0.465 e. The Bertz CT molecular complexity index is 315. The first-order chi connectivity index (χ1) is 8.95. The molecule has 0 spiro atoms. The molecule has 19 heavy (non-hydrogen) atoms. The normalized spacial score (nSPS) is 27.1. The lowest BCUT2D eigenvalue weighted by molar-refractivity contribution is -0.144. The van der Waals surface area contributed by atoms with E-state index in [4.69, 9.17) is 4.74 Å². The van der Waals surface area contributed by atoms with Crippen molar-refractivity contribution in [1.29, 1.82) is 0 Å².